The van der Waals surface area contributed by atoms with Gasteiger partial charge in [0.15, 0.2) is 0 Å². The second-order valence-electron chi connectivity index (χ2n) is 23.8. The van der Waals surface area contributed by atoms with Crippen LogP contribution in [0.2, 0.25) is 0 Å². The molecule has 9 heteroatoms. The molecule has 3 unspecified atom stereocenters. The second-order valence-corrected chi connectivity index (χ2v) is 25.3. The Morgan fingerprint density at radius 1 is 0.434 bits per heavy atom. The number of phosphoric ester groups is 1. The molecule has 0 aliphatic rings. The van der Waals surface area contributed by atoms with Crippen LogP contribution >= 0.6 is 7.82 Å². The van der Waals surface area contributed by atoms with E-state index in [1.807, 2.05) is 27.2 Å². The number of likely N-dealkylation sites (N-methyl/N-ethyl adjacent to an activating group) is 1. The van der Waals surface area contributed by atoms with Crippen molar-refractivity contribution in [1.82, 2.24) is 5.32 Å². The molecule has 0 saturated heterocycles. The molecule has 0 spiro atoms. The summed E-state index contributed by atoms with van der Waals surface area (Å²) in [5, 5.41) is 13.9. The zero-order chi connectivity index (χ0) is 55.6. The van der Waals surface area contributed by atoms with Crippen molar-refractivity contribution in [2.24, 2.45) is 0 Å². The van der Waals surface area contributed by atoms with Crippen LogP contribution in [0.1, 0.15) is 322 Å². The van der Waals surface area contributed by atoms with Gasteiger partial charge in [-0.25, -0.2) is 4.57 Å². The number of hydrogen-bond acceptors (Lipinski definition) is 5. The average Bonchev–Trinajstić information content (AvgIpc) is 3.38. The zero-order valence-electron chi connectivity index (χ0n) is 51.3. The van der Waals surface area contributed by atoms with E-state index in [0.717, 1.165) is 44.9 Å². The number of allylic oxidation sites excluding steroid dienone is 7. The minimum absolute atomic E-state index is 0.0538. The highest BCUT2D eigenvalue weighted by atomic mass is 31.2. The molecule has 76 heavy (non-hydrogen) atoms. The Morgan fingerprint density at radius 3 is 1.05 bits per heavy atom. The highest BCUT2D eigenvalue weighted by Crippen LogP contribution is 2.43. The highest BCUT2D eigenvalue weighted by molar-refractivity contribution is 7.47. The summed E-state index contributed by atoms with van der Waals surface area (Å²) in [6.07, 6.45) is 78.5. The Morgan fingerprint density at radius 2 is 0.724 bits per heavy atom. The van der Waals surface area contributed by atoms with Crippen LogP contribution in [0, 0.1) is 0 Å². The van der Waals surface area contributed by atoms with Crippen LogP contribution in [0.25, 0.3) is 0 Å². The van der Waals surface area contributed by atoms with Crippen LogP contribution in [0.15, 0.2) is 48.6 Å². The molecule has 0 saturated carbocycles. The van der Waals surface area contributed by atoms with Gasteiger partial charge in [0.05, 0.1) is 39.9 Å². The minimum atomic E-state index is -4.36. The number of quaternary nitrogens is 1. The minimum Gasteiger partial charge on any atom is -0.387 e. The number of carbonyl (C=O) groups is 1. The third-order valence-electron chi connectivity index (χ3n) is 15.0. The van der Waals surface area contributed by atoms with Crippen molar-refractivity contribution in [2.45, 2.75) is 334 Å². The van der Waals surface area contributed by atoms with Gasteiger partial charge in [-0.05, 0) is 70.6 Å². The van der Waals surface area contributed by atoms with E-state index in [1.165, 1.54) is 257 Å². The number of phosphoric acid groups is 1. The molecule has 3 N–H and O–H groups in total. The van der Waals surface area contributed by atoms with E-state index >= 15 is 0 Å². The summed E-state index contributed by atoms with van der Waals surface area (Å²) >= 11 is 0. The number of aliphatic hydroxyl groups is 1. The number of hydrogen-bond donors (Lipinski definition) is 3. The van der Waals surface area contributed by atoms with Crippen molar-refractivity contribution in [2.75, 3.05) is 40.9 Å². The molecule has 0 rings (SSSR count). The van der Waals surface area contributed by atoms with Crippen LogP contribution < -0.4 is 5.32 Å². The zero-order valence-corrected chi connectivity index (χ0v) is 52.2. The van der Waals surface area contributed by atoms with Gasteiger partial charge in [-0.1, -0.05) is 294 Å². The van der Waals surface area contributed by atoms with Gasteiger partial charge in [0.25, 0.3) is 0 Å². The quantitative estimate of drug-likeness (QED) is 0.0243. The maximum atomic E-state index is 13.0. The summed E-state index contributed by atoms with van der Waals surface area (Å²) in [6.45, 7) is 4.80. The first-order valence-corrected chi connectivity index (χ1v) is 34.5. The lowest BCUT2D eigenvalue weighted by Gasteiger charge is -2.25. The molecule has 0 aliphatic heterocycles. The van der Waals surface area contributed by atoms with Crippen molar-refractivity contribution in [3.63, 3.8) is 0 Å². The number of carbonyl (C=O) groups excluding carboxylic acids is 1. The first-order chi connectivity index (χ1) is 37.0. The molecule has 0 aliphatic carbocycles. The van der Waals surface area contributed by atoms with E-state index in [2.05, 4.69) is 55.6 Å². The first kappa shape index (κ1) is 74.5. The fourth-order valence-corrected chi connectivity index (χ4v) is 10.6. The van der Waals surface area contributed by atoms with E-state index in [-0.39, 0.29) is 19.1 Å². The summed E-state index contributed by atoms with van der Waals surface area (Å²) in [7, 11) is 1.55. The van der Waals surface area contributed by atoms with Crippen LogP contribution in [-0.4, -0.2) is 73.4 Å². The van der Waals surface area contributed by atoms with Crippen LogP contribution in [-0.2, 0) is 18.4 Å². The Balaban J connectivity index is 3.92. The number of unbranched alkanes of at least 4 members (excludes halogenated alkanes) is 42. The maximum Gasteiger partial charge on any atom is 0.472 e. The lowest BCUT2D eigenvalue weighted by atomic mass is 10.0. The summed E-state index contributed by atoms with van der Waals surface area (Å²) in [4.78, 5) is 23.3. The molecule has 1 amide bonds. The van der Waals surface area contributed by atoms with Crippen LogP contribution in [0.3, 0.4) is 0 Å². The predicted molar refractivity (Wildman–Crippen MR) is 332 cm³/mol. The number of rotatable bonds is 61. The maximum absolute atomic E-state index is 13.0. The topological polar surface area (TPSA) is 105 Å². The van der Waals surface area contributed by atoms with Gasteiger partial charge in [-0.3, -0.25) is 13.8 Å². The van der Waals surface area contributed by atoms with Gasteiger partial charge in [0.1, 0.15) is 13.2 Å². The van der Waals surface area contributed by atoms with Gasteiger partial charge in [-0.15, -0.1) is 0 Å². The molecule has 0 aromatic heterocycles. The normalized spacial score (nSPS) is 14.0. The van der Waals surface area contributed by atoms with E-state index in [0.29, 0.717) is 17.4 Å². The largest absolute Gasteiger partial charge is 0.472 e. The average molecular weight is 1090 g/mol. The van der Waals surface area contributed by atoms with Gasteiger partial charge in [-0.2, -0.15) is 0 Å². The van der Waals surface area contributed by atoms with E-state index < -0.39 is 20.0 Å². The molecule has 8 nitrogen and oxygen atoms in total. The van der Waals surface area contributed by atoms with Gasteiger partial charge >= 0.3 is 7.82 Å². The molecule has 3 atom stereocenters. The van der Waals surface area contributed by atoms with E-state index in [9.17, 15) is 19.4 Å². The second kappa shape index (κ2) is 58.1. The number of nitrogens with one attached hydrogen (secondary N) is 1. The van der Waals surface area contributed by atoms with Crippen LogP contribution in [0.5, 0.6) is 0 Å². The van der Waals surface area contributed by atoms with Crippen LogP contribution in [0.4, 0.5) is 0 Å². The summed E-state index contributed by atoms with van der Waals surface area (Å²) < 4.78 is 23.7. The fourth-order valence-electron chi connectivity index (χ4n) is 9.84. The Labute approximate surface area is 473 Å². The standard InChI is InChI=1S/C67H129N2O6P/c1-6-8-10-12-14-16-18-20-22-23-24-25-26-27-28-29-30-31-32-33-34-35-36-37-38-39-40-41-42-43-44-45-47-49-51-53-55-57-59-61-67(71)68-65(64-75-76(72,73)74-63-62-69(3,4)5)66(70)60-58-56-54-52-50-48-46-21-19-17-15-13-11-9-7-2/h19,21,33-34,50,52,58,60,65-66,70H,6-18,20,22-32,35-49,51,53-57,59,61-64H2,1-5H3,(H-,68,71,72,73)/p+1/b21-19+,34-33-,52-50+,60-58+. The molecule has 0 bridgehead atoms. The third-order valence-corrected chi connectivity index (χ3v) is 16.0. The lowest BCUT2D eigenvalue weighted by molar-refractivity contribution is -0.870. The molecule has 0 radical (unpaired) electrons. The van der Waals surface area contributed by atoms with E-state index in [1.54, 1.807) is 6.08 Å². The van der Waals surface area contributed by atoms with Gasteiger partial charge in [0.2, 0.25) is 5.91 Å². The number of aliphatic hydroxyl groups excluding tert-OH is 1. The van der Waals surface area contributed by atoms with Crippen molar-refractivity contribution in [1.29, 1.82) is 0 Å². The smallest absolute Gasteiger partial charge is 0.387 e. The first-order valence-electron chi connectivity index (χ1n) is 33.0. The molecule has 0 aromatic carbocycles. The van der Waals surface area contributed by atoms with E-state index in [4.69, 9.17) is 9.05 Å². The van der Waals surface area contributed by atoms with Crippen molar-refractivity contribution in [3.8, 4) is 0 Å². The lowest BCUT2D eigenvalue weighted by Crippen LogP contribution is -2.45. The summed E-state index contributed by atoms with van der Waals surface area (Å²) in [5.74, 6) is -0.188. The van der Waals surface area contributed by atoms with Crippen molar-refractivity contribution >= 4 is 13.7 Å². The van der Waals surface area contributed by atoms with Gasteiger partial charge in [0, 0.05) is 6.42 Å². The Kier molecular flexibility index (Phi) is 56.9. The van der Waals surface area contributed by atoms with Crippen molar-refractivity contribution in [3.05, 3.63) is 48.6 Å². The summed E-state index contributed by atoms with van der Waals surface area (Å²) in [5.41, 5.74) is 0. The summed E-state index contributed by atoms with van der Waals surface area (Å²) in [6, 6.07) is -0.870. The third kappa shape index (κ3) is 60.1. The molecule has 0 heterocycles. The fraction of sp³-hybridized carbons (Fsp3) is 0.866. The Bertz CT molecular complexity index is 1380. The SMILES string of the molecule is CCCCCCC/C=C/CC/C=C/CC/C=C/C(O)C(COP(=O)(O)OCC[N+](C)(C)C)NC(=O)CCCCCCCCCCCCCCCCCCC/C=C\CCCCCCCCCCCCCCCCCCCC. The molecule has 0 aromatic rings. The molecular weight excluding hydrogens is 960 g/mol. The monoisotopic (exact) mass is 1090 g/mol. The number of amides is 1. The predicted octanol–water partition coefficient (Wildman–Crippen LogP) is 20.7. The molecule has 0 fully saturated rings. The number of nitrogens with zero attached hydrogens (tertiary/aromatic N) is 1. The molecular formula is C67H130N2O6P+. The van der Waals surface area contributed by atoms with Gasteiger partial charge < -0.3 is 19.8 Å². The Hall–Kier alpha value is -1.54. The van der Waals surface area contributed by atoms with Crippen molar-refractivity contribution < 1.29 is 32.9 Å². The molecule has 448 valence electrons. The highest BCUT2D eigenvalue weighted by Gasteiger charge is 2.28.